The van der Waals surface area contributed by atoms with Gasteiger partial charge in [0.1, 0.15) is 5.82 Å². The number of tetrazole rings is 1. The molecule has 0 aliphatic carbocycles. The molecule has 8 nitrogen and oxygen atoms in total. The Morgan fingerprint density at radius 2 is 1.71 bits per heavy atom. The minimum absolute atomic E-state index is 0.0671. The molecule has 0 radical (unpaired) electrons. The van der Waals surface area contributed by atoms with Crippen molar-refractivity contribution in [3.8, 4) is 22.5 Å². The topological polar surface area (TPSA) is 94.3 Å². The molecule has 31 heavy (non-hydrogen) atoms. The quantitative estimate of drug-likeness (QED) is 0.517. The van der Waals surface area contributed by atoms with E-state index in [-0.39, 0.29) is 11.2 Å². The summed E-state index contributed by atoms with van der Waals surface area (Å²) in [6.45, 7) is 8.59. The summed E-state index contributed by atoms with van der Waals surface area (Å²) >= 11 is 0. The van der Waals surface area contributed by atoms with E-state index in [2.05, 4.69) is 56.9 Å². The fourth-order valence-corrected chi connectivity index (χ4v) is 3.62. The van der Waals surface area contributed by atoms with Gasteiger partial charge in [0.15, 0.2) is 0 Å². The summed E-state index contributed by atoms with van der Waals surface area (Å²) in [5, 5.41) is 19.0. The zero-order valence-electron chi connectivity index (χ0n) is 18.3. The first-order chi connectivity index (χ1) is 14.9. The highest BCUT2D eigenvalue weighted by atomic mass is 16.2. The predicted molar refractivity (Wildman–Crippen MR) is 120 cm³/mol. The molecule has 2 aromatic heterocycles. The molecule has 0 unspecified atom stereocenters. The van der Waals surface area contributed by atoms with Gasteiger partial charge in [-0.25, -0.2) is 9.48 Å². The maximum atomic E-state index is 13.0. The van der Waals surface area contributed by atoms with Gasteiger partial charge >= 0.3 is 5.69 Å². The number of aryl methyl sites for hydroxylation is 1. The van der Waals surface area contributed by atoms with Crippen LogP contribution >= 0.6 is 0 Å². The molecule has 2 heterocycles. The van der Waals surface area contributed by atoms with E-state index in [0.717, 1.165) is 40.9 Å². The Morgan fingerprint density at radius 1 is 1.00 bits per heavy atom. The number of aromatic nitrogens is 7. The summed E-state index contributed by atoms with van der Waals surface area (Å²) in [7, 11) is 0. The Hall–Kier alpha value is -3.55. The lowest BCUT2D eigenvalue weighted by atomic mass is 9.98. The highest BCUT2D eigenvalue weighted by molar-refractivity contribution is 5.80. The van der Waals surface area contributed by atoms with E-state index in [9.17, 15) is 4.79 Å². The number of hydrogen-bond donors (Lipinski definition) is 1. The first kappa shape index (κ1) is 20.7. The third-order valence-corrected chi connectivity index (χ3v) is 5.17. The average Bonchev–Trinajstić information content (AvgIpc) is 3.39. The molecule has 8 heteroatoms. The highest BCUT2D eigenvalue weighted by Crippen LogP contribution is 2.29. The highest BCUT2D eigenvalue weighted by Gasteiger charge is 2.22. The standard InChI is InChI=1S/C23H27N7O/c1-5-8-20-26-30(23(2,3)4)22(31)29(20)15-16-11-13-17(14-12-16)18-9-6-7-10-19(18)21-24-27-28-25-21/h6-7,9-14H,5,8,15H2,1-4H3,(H,24,25,27,28). The third kappa shape index (κ3) is 4.19. The van der Waals surface area contributed by atoms with Crippen LogP contribution in [0.1, 0.15) is 45.5 Å². The summed E-state index contributed by atoms with van der Waals surface area (Å²) in [4.78, 5) is 13.0. The van der Waals surface area contributed by atoms with Gasteiger partial charge in [0, 0.05) is 12.0 Å². The van der Waals surface area contributed by atoms with Crippen LogP contribution in [0.25, 0.3) is 22.5 Å². The smallest absolute Gasteiger partial charge is 0.274 e. The molecule has 160 valence electrons. The first-order valence-corrected chi connectivity index (χ1v) is 10.5. The van der Waals surface area contributed by atoms with Crippen molar-refractivity contribution >= 4 is 0 Å². The molecule has 0 fully saturated rings. The Balaban J connectivity index is 1.66. The van der Waals surface area contributed by atoms with Gasteiger partial charge < -0.3 is 0 Å². The maximum Gasteiger partial charge on any atom is 0.346 e. The fourth-order valence-electron chi connectivity index (χ4n) is 3.62. The van der Waals surface area contributed by atoms with Crippen molar-refractivity contribution in [3.63, 3.8) is 0 Å². The van der Waals surface area contributed by atoms with Crippen LogP contribution in [0.3, 0.4) is 0 Å². The molecule has 0 saturated carbocycles. The van der Waals surface area contributed by atoms with Gasteiger partial charge in [-0.15, -0.1) is 10.2 Å². The zero-order valence-corrected chi connectivity index (χ0v) is 18.3. The van der Waals surface area contributed by atoms with Crippen molar-refractivity contribution in [3.05, 3.63) is 70.4 Å². The number of H-pyrrole nitrogens is 1. The lowest BCUT2D eigenvalue weighted by Gasteiger charge is -2.16. The van der Waals surface area contributed by atoms with Crippen LogP contribution in [0.15, 0.2) is 53.3 Å². The minimum Gasteiger partial charge on any atom is -0.274 e. The molecular weight excluding hydrogens is 390 g/mol. The molecule has 1 N–H and O–H groups in total. The van der Waals surface area contributed by atoms with Gasteiger partial charge in [-0.3, -0.25) is 4.57 Å². The summed E-state index contributed by atoms with van der Waals surface area (Å²) in [6, 6.07) is 16.2. The van der Waals surface area contributed by atoms with E-state index in [0.29, 0.717) is 12.4 Å². The molecule has 0 aliphatic rings. The number of nitrogens with one attached hydrogen (secondary N) is 1. The van der Waals surface area contributed by atoms with E-state index in [4.69, 9.17) is 0 Å². The van der Waals surface area contributed by atoms with Gasteiger partial charge in [0.25, 0.3) is 0 Å². The molecule has 4 rings (SSSR count). The molecule has 0 amide bonds. The Kier molecular flexibility index (Phi) is 5.54. The van der Waals surface area contributed by atoms with Crippen LogP contribution in [-0.4, -0.2) is 35.0 Å². The molecule has 0 spiro atoms. The first-order valence-electron chi connectivity index (χ1n) is 10.5. The van der Waals surface area contributed by atoms with Crippen LogP contribution in [0, 0.1) is 0 Å². The molecule has 0 bridgehead atoms. The van der Waals surface area contributed by atoms with Gasteiger partial charge in [0.05, 0.1) is 12.1 Å². The van der Waals surface area contributed by atoms with Crippen molar-refractivity contribution in [1.29, 1.82) is 0 Å². The van der Waals surface area contributed by atoms with E-state index in [1.165, 1.54) is 0 Å². The Bertz CT molecular complexity index is 1210. The summed E-state index contributed by atoms with van der Waals surface area (Å²) < 4.78 is 3.38. The Morgan fingerprint density at radius 3 is 2.32 bits per heavy atom. The van der Waals surface area contributed by atoms with Gasteiger partial charge in [-0.05, 0) is 49.1 Å². The zero-order chi connectivity index (χ0) is 22.0. The number of rotatable bonds is 6. The number of hydrogen-bond acceptors (Lipinski definition) is 5. The van der Waals surface area contributed by atoms with Gasteiger partial charge in [-0.1, -0.05) is 55.5 Å². The van der Waals surface area contributed by atoms with E-state index in [1.807, 2.05) is 45.0 Å². The third-order valence-electron chi connectivity index (χ3n) is 5.17. The van der Waals surface area contributed by atoms with E-state index < -0.39 is 0 Å². The number of nitrogens with zero attached hydrogens (tertiary/aromatic N) is 6. The number of aromatic amines is 1. The molecule has 0 aliphatic heterocycles. The second-order valence-electron chi connectivity index (χ2n) is 8.60. The van der Waals surface area contributed by atoms with Crippen molar-refractivity contribution in [2.75, 3.05) is 0 Å². The van der Waals surface area contributed by atoms with Crippen LogP contribution < -0.4 is 5.69 Å². The van der Waals surface area contributed by atoms with E-state index >= 15 is 0 Å². The minimum atomic E-state index is -0.354. The summed E-state index contributed by atoms with van der Waals surface area (Å²) in [5.74, 6) is 1.39. The maximum absolute atomic E-state index is 13.0. The van der Waals surface area contributed by atoms with Crippen LogP contribution in [0.5, 0.6) is 0 Å². The molecule has 0 saturated heterocycles. The normalized spacial score (nSPS) is 11.7. The van der Waals surface area contributed by atoms with Gasteiger partial charge in [-0.2, -0.15) is 10.3 Å². The lowest BCUT2D eigenvalue weighted by Crippen LogP contribution is -2.36. The molecule has 0 atom stereocenters. The van der Waals surface area contributed by atoms with Crippen molar-refractivity contribution in [2.24, 2.45) is 0 Å². The second-order valence-corrected chi connectivity index (χ2v) is 8.60. The molecule has 2 aromatic carbocycles. The number of benzene rings is 2. The summed E-state index contributed by atoms with van der Waals surface area (Å²) in [5.41, 5.74) is 3.62. The molecular formula is C23H27N7O. The predicted octanol–water partition coefficient (Wildman–Crippen LogP) is 3.65. The van der Waals surface area contributed by atoms with E-state index in [1.54, 1.807) is 9.25 Å². The Labute approximate surface area is 180 Å². The monoisotopic (exact) mass is 417 g/mol. The van der Waals surface area contributed by atoms with Gasteiger partial charge in [0.2, 0.25) is 5.82 Å². The van der Waals surface area contributed by atoms with Crippen molar-refractivity contribution in [1.82, 2.24) is 35.0 Å². The fraction of sp³-hybridized carbons (Fsp3) is 0.348. The summed E-state index contributed by atoms with van der Waals surface area (Å²) in [6.07, 6.45) is 1.71. The largest absolute Gasteiger partial charge is 0.346 e. The second kappa shape index (κ2) is 8.29. The molecule has 4 aromatic rings. The average molecular weight is 418 g/mol. The van der Waals surface area contributed by atoms with Crippen LogP contribution in [-0.2, 0) is 18.5 Å². The van der Waals surface area contributed by atoms with Crippen LogP contribution in [0.4, 0.5) is 0 Å². The lowest BCUT2D eigenvalue weighted by molar-refractivity contribution is 0.339. The SMILES string of the molecule is CCCc1nn(C(C)(C)C)c(=O)n1Cc1ccc(-c2ccccc2-c2nn[nH]n2)cc1. The van der Waals surface area contributed by atoms with Crippen LogP contribution in [0.2, 0.25) is 0 Å². The van der Waals surface area contributed by atoms with Crippen molar-refractivity contribution < 1.29 is 0 Å². The van der Waals surface area contributed by atoms with Crippen molar-refractivity contribution in [2.45, 2.75) is 52.6 Å².